The fraction of sp³-hybridized carbons (Fsp3) is 0.286. The SMILES string of the molecule is CC1(C)CC(=O)C2=C(C1)Nc1ccccc1S[C@@H]2c1ccc(F)cc1. The highest BCUT2D eigenvalue weighted by Crippen LogP contribution is 2.51. The van der Waals surface area contributed by atoms with Crippen LogP contribution in [0.4, 0.5) is 10.1 Å². The van der Waals surface area contributed by atoms with Gasteiger partial charge in [0.2, 0.25) is 0 Å². The third-order valence-electron chi connectivity index (χ3n) is 4.77. The fourth-order valence-corrected chi connectivity index (χ4v) is 4.99. The summed E-state index contributed by atoms with van der Waals surface area (Å²) in [5, 5.41) is 3.41. The van der Waals surface area contributed by atoms with Gasteiger partial charge in [-0.25, -0.2) is 4.39 Å². The van der Waals surface area contributed by atoms with E-state index < -0.39 is 0 Å². The quantitative estimate of drug-likeness (QED) is 0.710. The van der Waals surface area contributed by atoms with E-state index in [-0.39, 0.29) is 22.3 Å². The molecule has 1 atom stereocenters. The third kappa shape index (κ3) is 3.11. The molecule has 1 heterocycles. The van der Waals surface area contributed by atoms with Crippen LogP contribution in [-0.2, 0) is 4.79 Å². The molecule has 1 aliphatic carbocycles. The smallest absolute Gasteiger partial charge is 0.162 e. The number of hydrogen-bond acceptors (Lipinski definition) is 3. The Kier molecular flexibility index (Phi) is 3.95. The zero-order valence-electron chi connectivity index (χ0n) is 14.3. The molecule has 4 heteroatoms. The highest BCUT2D eigenvalue weighted by atomic mass is 32.2. The van der Waals surface area contributed by atoms with E-state index in [1.807, 2.05) is 18.2 Å². The van der Waals surface area contributed by atoms with Crippen LogP contribution in [0.5, 0.6) is 0 Å². The molecule has 0 spiro atoms. The van der Waals surface area contributed by atoms with Gasteiger partial charge in [0.15, 0.2) is 5.78 Å². The summed E-state index contributed by atoms with van der Waals surface area (Å²) in [6.45, 7) is 4.26. The predicted octanol–water partition coefficient (Wildman–Crippen LogP) is 5.73. The van der Waals surface area contributed by atoms with Crippen molar-refractivity contribution in [3.63, 3.8) is 0 Å². The molecule has 0 saturated carbocycles. The maximum absolute atomic E-state index is 13.4. The number of ketones is 1. The number of carbonyl (C=O) groups excluding carboxylic acids is 1. The Bertz CT molecular complexity index is 870. The molecule has 2 aliphatic rings. The number of carbonyl (C=O) groups is 1. The highest BCUT2D eigenvalue weighted by molar-refractivity contribution is 8.00. The zero-order chi connectivity index (χ0) is 17.6. The first-order chi connectivity index (χ1) is 11.9. The lowest BCUT2D eigenvalue weighted by atomic mass is 9.74. The molecule has 0 amide bonds. The summed E-state index contributed by atoms with van der Waals surface area (Å²) in [6.07, 6.45) is 1.38. The van der Waals surface area contributed by atoms with Crippen molar-refractivity contribution >= 4 is 23.2 Å². The Morgan fingerprint density at radius 1 is 1.08 bits per heavy atom. The summed E-state index contributed by atoms with van der Waals surface area (Å²) in [7, 11) is 0. The van der Waals surface area contributed by atoms with Crippen molar-refractivity contribution < 1.29 is 9.18 Å². The number of fused-ring (bicyclic) bond motifs is 1. The first kappa shape index (κ1) is 16.4. The Morgan fingerprint density at radius 3 is 2.56 bits per heavy atom. The molecule has 1 N–H and O–H groups in total. The molecular formula is C21H20FNOS. The average molecular weight is 353 g/mol. The van der Waals surface area contributed by atoms with Crippen molar-refractivity contribution in [2.45, 2.75) is 36.8 Å². The molecule has 0 radical (unpaired) electrons. The number of allylic oxidation sites excluding steroid dienone is 1. The average Bonchev–Trinajstić information content (AvgIpc) is 2.70. The van der Waals surface area contributed by atoms with Crippen LogP contribution in [0.1, 0.15) is 37.5 Å². The third-order valence-corrected chi connectivity index (χ3v) is 6.13. The lowest BCUT2D eigenvalue weighted by Crippen LogP contribution is -2.29. The van der Waals surface area contributed by atoms with Gasteiger partial charge in [-0.2, -0.15) is 0 Å². The van der Waals surface area contributed by atoms with E-state index in [0.29, 0.717) is 6.42 Å². The van der Waals surface area contributed by atoms with Gasteiger partial charge in [-0.3, -0.25) is 4.79 Å². The maximum atomic E-state index is 13.4. The molecule has 25 heavy (non-hydrogen) atoms. The van der Waals surface area contributed by atoms with Gasteiger partial charge in [0.05, 0.1) is 10.9 Å². The van der Waals surface area contributed by atoms with Gasteiger partial charge < -0.3 is 5.32 Å². The summed E-state index contributed by atoms with van der Waals surface area (Å²) in [5.41, 5.74) is 3.79. The first-order valence-corrected chi connectivity index (χ1v) is 9.35. The lowest BCUT2D eigenvalue weighted by Gasteiger charge is -2.33. The summed E-state index contributed by atoms with van der Waals surface area (Å²) in [5.74, 6) is -0.0698. The second-order valence-electron chi connectivity index (χ2n) is 7.50. The molecule has 0 aromatic heterocycles. The number of Topliss-reactive ketones (excluding diaryl/α,β-unsaturated/α-hetero) is 1. The second kappa shape index (κ2) is 6.03. The fourth-order valence-electron chi connectivity index (χ4n) is 3.64. The van der Waals surface area contributed by atoms with Gasteiger partial charge in [-0.15, -0.1) is 11.8 Å². The molecule has 2 nitrogen and oxygen atoms in total. The minimum Gasteiger partial charge on any atom is -0.358 e. The van der Waals surface area contributed by atoms with Crippen molar-refractivity contribution in [3.05, 3.63) is 71.2 Å². The van der Waals surface area contributed by atoms with Crippen LogP contribution < -0.4 is 5.32 Å². The summed E-state index contributed by atoms with van der Waals surface area (Å²) >= 11 is 1.66. The van der Waals surface area contributed by atoms with Crippen molar-refractivity contribution in [1.82, 2.24) is 0 Å². The van der Waals surface area contributed by atoms with E-state index in [4.69, 9.17) is 0 Å². The number of hydrogen-bond donors (Lipinski definition) is 1. The number of halogens is 1. The number of rotatable bonds is 1. The molecule has 0 saturated heterocycles. The van der Waals surface area contributed by atoms with Crippen molar-refractivity contribution in [3.8, 4) is 0 Å². The van der Waals surface area contributed by atoms with Crippen LogP contribution in [0, 0.1) is 11.2 Å². The van der Waals surface area contributed by atoms with Crippen LogP contribution in [0.2, 0.25) is 0 Å². The van der Waals surface area contributed by atoms with Gasteiger partial charge >= 0.3 is 0 Å². The van der Waals surface area contributed by atoms with E-state index in [9.17, 15) is 9.18 Å². The van der Waals surface area contributed by atoms with E-state index in [0.717, 1.165) is 33.8 Å². The Balaban J connectivity index is 1.88. The van der Waals surface area contributed by atoms with Crippen LogP contribution in [0.3, 0.4) is 0 Å². The molecule has 0 fully saturated rings. The van der Waals surface area contributed by atoms with Crippen LogP contribution in [-0.4, -0.2) is 5.78 Å². The number of benzene rings is 2. The zero-order valence-corrected chi connectivity index (χ0v) is 15.1. The molecule has 128 valence electrons. The van der Waals surface area contributed by atoms with Gasteiger partial charge in [-0.1, -0.05) is 38.1 Å². The molecule has 4 rings (SSSR count). The molecule has 0 unspecified atom stereocenters. The summed E-state index contributed by atoms with van der Waals surface area (Å²) < 4.78 is 13.4. The number of thioether (sulfide) groups is 1. The van der Waals surface area contributed by atoms with Gasteiger partial charge in [0.1, 0.15) is 5.82 Å². The summed E-state index contributed by atoms with van der Waals surface area (Å²) in [4.78, 5) is 14.1. The van der Waals surface area contributed by atoms with E-state index in [1.165, 1.54) is 12.1 Å². The topological polar surface area (TPSA) is 29.1 Å². The largest absolute Gasteiger partial charge is 0.358 e. The van der Waals surface area contributed by atoms with Gasteiger partial charge in [-0.05, 0) is 41.7 Å². The highest BCUT2D eigenvalue weighted by Gasteiger charge is 2.39. The van der Waals surface area contributed by atoms with Crippen LogP contribution in [0.25, 0.3) is 0 Å². The second-order valence-corrected chi connectivity index (χ2v) is 8.65. The molecule has 0 bridgehead atoms. The predicted molar refractivity (Wildman–Crippen MR) is 100 cm³/mol. The molecular weight excluding hydrogens is 333 g/mol. The molecule has 2 aromatic rings. The van der Waals surface area contributed by atoms with Gasteiger partial charge in [0.25, 0.3) is 0 Å². The van der Waals surface area contributed by atoms with E-state index in [2.05, 4.69) is 25.2 Å². The molecule has 1 aliphatic heterocycles. The van der Waals surface area contributed by atoms with E-state index in [1.54, 1.807) is 23.9 Å². The van der Waals surface area contributed by atoms with Gasteiger partial charge in [0, 0.05) is 22.6 Å². The lowest BCUT2D eigenvalue weighted by molar-refractivity contribution is -0.118. The molecule has 2 aromatic carbocycles. The first-order valence-electron chi connectivity index (χ1n) is 8.47. The maximum Gasteiger partial charge on any atom is 0.162 e. The number of anilines is 1. The minimum atomic E-state index is -0.258. The minimum absolute atomic E-state index is 0.0553. The van der Waals surface area contributed by atoms with Crippen molar-refractivity contribution in [2.75, 3.05) is 5.32 Å². The number of nitrogens with one attached hydrogen (secondary N) is 1. The monoisotopic (exact) mass is 353 g/mol. The number of para-hydroxylation sites is 1. The van der Waals surface area contributed by atoms with Crippen molar-refractivity contribution in [2.24, 2.45) is 5.41 Å². The van der Waals surface area contributed by atoms with E-state index >= 15 is 0 Å². The normalized spacial score (nSPS) is 21.9. The van der Waals surface area contributed by atoms with Crippen molar-refractivity contribution in [1.29, 1.82) is 0 Å². The van der Waals surface area contributed by atoms with Crippen LogP contribution in [0.15, 0.2) is 64.7 Å². The van der Waals surface area contributed by atoms with Crippen LogP contribution >= 0.6 is 11.8 Å². The standard InChI is InChI=1S/C21H20FNOS/c1-21(2)11-16-19(17(24)12-21)20(13-7-9-14(22)10-8-13)25-18-6-4-3-5-15(18)23-16/h3-10,20,23H,11-12H2,1-2H3/t20-/m1/s1. The Hall–Kier alpha value is -2.07. The Labute approximate surface area is 151 Å². The Morgan fingerprint density at radius 2 is 1.80 bits per heavy atom. The summed E-state index contributed by atoms with van der Waals surface area (Å²) in [6, 6.07) is 14.6.